The van der Waals surface area contributed by atoms with Crippen molar-refractivity contribution in [3.63, 3.8) is 0 Å². The van der Waals surface area contributed by atoms with Crippen LogP contribution >= 0.6 is 0 Å². The molecule has 2 heteroatoms. The Hall–Kier alpha value is -0.530. The molecule has 2 nitrogen and oxygen atoms in total. The maximum atomic E-state index is 11.4. The monoisotopic (exact) mass is 169 g/mol. The first-order valence-electron chi connectivity index (χ1n) is 5.09. The van der Waals surface area contributed by atoms with E-state index in [1.165, 1.54) is 6.42 Å². The van der Waals surface area contributed by atoms with E-state index in [2.05, 4.69) is 18.7 Å². The van der Waals surface area contributed by atoms with E-state index in [9.17, 15) is 4.79 Å². The predicted octanol–water partition coefficient (Wildman–Crippen LogP) is 2.19. The second-order valence-corrected chi connectivity index (χ2v) is 3.54. The molecule has 1 amide bonds. The van der Waals surface area contributed by atoms with Crippen molar-refractivity contribution < 1.29 is 4.79 Å². The quantitative estimate of drug-likeness (QED) is 0.631. The van der Waals surface area contributed by atoms with Gasteiger partial charge in [-0.1, -0.05) is 20.3 Å². The highest BCUT2D eigenvalue weighted by atomic mass is 16.2. The number of unbranched alkanes of at least 4 members (excludes halogenated alkanes) is 1. The Labute approximate surface area is 74.9 Å². The summed E-state index contributed by atoms with van der Waals surface area (Å²) in [5.74, 6) is 0.371. The van der Waals surface area contributed by atoms with Gasteiger partial charge in [0.15, 0.2) is 0 Å². The molecule has 70 valence electrons. The van der Waals surface area contributed by atoms with E-state index in [1.807, 2.05) is 0 Å². The highest BCUT2D eigenvalue weighted by molar-refractivity contribution is 5.78. The Kier molecular flexibility index (Phi) is 3.57. The highest BCUT2D eigenvalue weighted by Gasteiger charge is 2.28. The number of hydrogen-bond donors (Lipinski definition) is 0. The van der Waals surface area contributed by atoms with E-state index >= 15 is 0 Å². The minimum atomic E-state index is 0.371. The fraction of sp³-hybridized carbons (Fsp3) is 0.900. The summed E-state index contributed by atoms with van der Waals surface area (Å²) in [6, 6.07) is 0.545. The Balaban J connectivity index is 2.40. The number of amides is 1. The zero-order valence-electron chi connectivity index (χ0n) is 8.18. The van der Waals surface area contributed by atoms with Crippen molar-refractivity contribution in [1.82, 2.24) is 4.90 Å². The lowest BCUT2D eigenvalue weighted by molar-refractivity contribution is -0.129. The smallest absolute Gasteiger partial charge is 0.222 e. The van der Waals surface area contributed by atoms with Crippen LogP contribution in [0.4, 0.5) is 0 Å². The molecule has 1 aliphatic rings. The van der Waals surface area contributed by atoms with Crippen molar-refractivity contribution in [2.24, 2.45) is 0 Å². The first-order valence-corrected chi connectivity index (χ1v) is 5.09. The van der Waals surface area contributed by atoms with E-state index in [-0.39, 0.29) is 0 Å². The molecule has 0 radical (unpaired) electrons. The van der Waals surface area contributed by atoms with Gasteiger partial charge in [-0.2, -0.15) is 0 Å². The molecule has 0 aromatic rings. The van der Waals surface area contributed by atoms with Crippen LogP contribution in [0.25, 0.3) is 0 Å². The lowest BCUT2D eigenvalue weighted by Crippen LogP contribution is -2.33. The third-order valence-corrected chi connectivity index (χ3v) is 2.68. The molecule has 0 N–H and O–H groups in total. The van der Waals surface area contributed by atoms with Crippen LogP contribution in [0.15, 0.2) is 0 Å². The van der Waals surface area contributed by atoms with Crippen LogP contribution in [0, 0.1) is 0 Å². The first-order chi connectivity index (χ1) is 5.79. The van der Waals surface area contributed by atoms with E-state index in [0.29, 0.717) is 11.9 Å². The lowest BCUT2D eigenvalue weighted by atomic mass is 10.1. The third kappa shape index (κ3) is 1.99. The zero-order valence-corrected chi connectivity index (χ0v) is 8.18. The largest absolute Gasteiger partial charge is 0.340 e. The molecule has 0 aliphatic carbocycles. The average molecular weight is 169 g/mol. The summed E-state index contributed by atoms with van der Waals surface area (Å²) in [5, 5.41) is 0. The average Bonchev–Trinajstić information content (AvgIpc) is 2.43. The molecule has 0 saturated carbocycles. The van der Waals surface area contributed by atoms with Crippen LogP contribution in [0.1, 0.15) is 46.0 Å². The molecule has 1 heterocycles. The number of carbonyl (C=O) groups excluding carboxylic acids is 1. The van der Waals surface area contributed by atoms with Gasteiger partial charge in [-0.25, -0.2) is 0 Å². The summed E-state index contributed by atoms with van der Waals surface area (Å²) in [7, 11) is 0. The van der Waals surface area contributed by atoms with Gasteiger partial charge in [-0.3, -0.25) is 4.79 Å². The lowest BCUT2D eigenvalue weighted by Gasteiger charge is -2.23. The summed E-state index contributed by atoms with van der Waals surface area (Å²) in [5.41, 5.74) is 0. The van der Waals surface area contributed by atoms with E-state index in [1.54, 1.807) is 0 Å². The second-order valence-electron chi connectivity index (χ2n) is 3.54. The van der Waals surface area contributed by atoms with Crippen LogP contribution in [0.2, 0.25) is 0 Å². The fourth-order valence-corrected chi connectivity index (χ4v) is 1.85. The van der Waals surface area contributed by atoms with Crippen LogP contribution in [-0.2, 0) is 4.79 Å². The van der Waals surface area contributed by atoms with Gasteiger partial charge in [0.1, 0.15) is 0 Å². The zero-order chi connectivity index (χ0) is 8.97. The minimum Gasteiger partial charge on any atom is -0.340 e. The number of nitrogens with zero attached hydrogens (tertiary/aromatic N) is 1. The van der Waals surface area contributed by atoms with Gasteiger partial charge in [0.2, 0.25) is 5.91 Å². The molecule has 1 saturated heterocycles. The minimum absolute atomic E-state index is 0.371. The molecule has 1 rings (SSSR count). The maximum Gasteiger partial charge on any atom is 0.222 e. The van der Waals surface area contributed by atoms with Crippen LogP contribution in [-0.4, -0.2) is 23.4 Å². The molecule has 0 spiro atoms. The summed E-state index contributed by atoms with van der Waals surface area (Å²) in [6.07, 6.45) is 5.32. The van der Waals surface area contributed by atoms with Crippen LogP contribution in [0.5, 0.6) is 0 Å². The summed E-state index contributed by atoms with van der Waals surface area (Å²) in [6.45, 7) is 5.32. The number of rotatable bonds is 4. The SMILES string of the molecule is CCCCN1C(=O)CCC1CC. The van der Waals surface area contributed by atoms with Gasteiger partial charge in [0.05, 0.1) is 0 Å². The van der Waals surface area contributed by atoms with Crippen LogP contribution in [0.3, 0.4) is 0 Å². The van der Waals surface area contributed by atoms with Gasteiger partial charge in [0.25, 0.3) is 0 Å². The van der Waals surface area contributed by atoms with E-state index in [4.69, 9.17) is 0 Å². The molecule has 0 bridgehead atoms. The van der Waals surface area contributed by atoms with Crippen molar-refractivity contribution in [3.05, 3.63) is 0 Å². The molecule has 0 aromatic heterocycles. The summed E-state index contributed by atoms with van der Waals surface area (Å²) >= 11 is 0. The topological polar surface area (TPSA) is 20.3 Å². The van der Waals surface area contributed by atoms with Crippen LogP contribution < -0.4 is 0 Å². The van der Waals surface area contributed by atoms with Gasteiger partial charge in [-0.05, 0) is 19.3 Å². The number of carbonyl (C=O) groups is 1. The normalized spacial score (nSPS) is 23.7. The van der Waals surface area contributed by atoms with Crippen molar-refractivity contribution in [2.45, 2.75) is 52.0 Å². The summed E-state index contributed by atoms with van der Waals surface area (Å²) < 4.78 is 0. The summed E-state index contributed by atoms with van der Waals surface area (Å²) in [4.78, 5) is 13.4. The Morgan fingerprint density at radius 2 is 2.25 bits per heavy atom. The van der Waals surface area contributed by atoms with Gasteiger partial charge in [0, 0.05) is 19.0 Å². The molecule has 1 aliphatic heterocycles. The van der Waals surface area contributed by atoms with Crippen molar-refractivity contribution in [3.8, 4) is 0 Å². The Morgan fingerprint density at radius 3 is 2.83 bits per heavy atom. The van der Waals surface area contributed by atoms with E-state index < -0.39 is 0 Å². The second kappa shape index (κ2) is 4.48. The van der Waals surface area contributed by atoms with Gasteiger partial charge >= 0.3 is 0 Å². The van der Waals surface area contributed by atoms with Crippen molar-refractivity contribution in [2.75, 3.05) is 6.54 Å². The molecule has 1 unspecified atom stereocenters. The predicted molar refractivity (Wildman–Crippen MR) is 49.9 cm³/mol. The Morgan fingerprint density at radius 1 is 1.50 bits per heavy atom. The molecular formula is C10H19NO. The standard InChI is InChI=1S/C10H19NO/c1-3-5-8-11-9(4-2)6-7-10(11)12/h9H,3-8H2,1-2H3. The first kappa shape index (κ1) is 9.56. The third-order valence-electron chi connectivity index (χ3n) is 2.68. The highest BCUT2D eigenvalue weighted by Crippen LogP contribution is 2.21. The fourth-order valence-electron chi connectivity index (χ4n) is 1.85. The molecule has 12 heavy (non-hydrogen) atoms. The molecular weight excluding hydrogens is 150 g/mol. The maximum absolute atomic E-state index is 11.4. The molecule has 1 atom stereocenters. The van der Waals surface area contributed by atoms with Crippen molar-refractivity contribution >= 4 is 5.91 Å². The van der Waals surface area contributed by atoms with Crippen molar-refractivity contribution in [1.29, 1.82) is 0 Å². The van der Waals surface area contributed by atoms with E-state index in [0.717, 1.165) is 32.2 Å². The molecule has 0 aromatic carbocycles. The number of hydrogen-bond acceptors (Lipinski definition) is 1. The number of likely N-dealkylation sites (tertiary alicyclic amines) is 1. The van der Waals surface area contributed by atoms with Gasteiger partial charge in [-0.15, -0.1) is 0 Å². The Bertz CT molecular complexity index is 156. The van der Waals surface area contributed by atoms with Gasteiger partial charge < -0.3 is 4.90 Å². The molecule has 1 fully saturated rings.